The summed E-state index contributed by atoms with van der Waals surface area (Å²) in [4.78, 5) is 57.0. The first-order chi connectivity index (χ1) is 50.9. The Morgan fingerprint density at radius 3 is 1.39 bits per heavy atom. The molecule has 4 amide bonds. The molecule has 0 bridgehead atoms. The maximum Gasteiger partial charge on any atom is 2.00 e. The zero-order chi connectivity index (χ0) is 84.0. The number of methoxy groups -OCH3 is 3. The summed E-state index contributed by atoms with van der Waals surface area (Å²) >= 11 is -1.70. The third-order valence-electron chi connectivity index (χ3n) is 14.9. The molecule has 2 fully saturated rings. The van der Waals surface area contributed by atoms with Gasteiger partial charge in [0.15, 0.2) is 0 Å². The predicted octanol–water partition coefficient (Wildman–Crippen LogP) is 11.6. The summed E-state index contributed by atoms with van der Waals surface area (Å²) in [5.41, 5.74) is 16.6. The fourth-order valence-corrected chi connectivity index (χ4v) is 11.7. The first-order valence-corrected chi connectivity index (χ1v) is 40.8. The van der Waals surface area contributed by atoms with Crippen molar-refractivity contribution in [2.24, 2.45) is 17.2 Å². The number of hydrogen-bond donors (Lipinski definition) is 8. The summed E-state index contributed by atoms with van der Waals surface area (Å²) in [6.07, 6.45) is 16.3. The Bertz CT molecular complexity index is 3040. The molecule has 2 unspecified atom stereocenters. The molecular weight excluding hydrogens is 1550 g/mol. The Labute approximate surface area is 697 Å². The van der Waals surface area contributed by atoms with Gasteiger partial charge in [-0.3, -0.25) is 13.2 Å². The van der Waals surface area contributed by atoms with Crippen LogP contribution in [-0.2, 0) is 66.5 Å². The zero-order valence-electron chi connectivity index (χ0n) is 71.3. The van der Waals surface area contributed by atoms with Gasteiger partial charge in [-0.25, -0.2) is 23.4 Å². The number of aliphatic hydroxyl groups is 2. The van der Waals surface area contributed by atoms with Crippen LogP contribution in [-0.4, -0.2) is 202 Å². The molecule has 2 aliphatic heterocycles. The van der Waals surface area contributed by atoms with Crippen LogP contribution in [0.2, 0.25) is 0 Å². The maximum absolute atomic E-state index is 12.0. The average molecular weight is 1690 g/mol. The van der Waals surface area contributed by atoms with Crippen LogP contribution in [0, 0.1) is 6.07 Å². The summed E-state index contributed by atoms with van der Waals surface area (Å²) in [5.74, 6) is 1.69. The van der Waals surface area contributed by atoms with Crippen molar-refractivity contribution in [2.75, 3.05) is 47.8 Å². The number of halogens is 1. The monoisotopic (exact) mass is 1690 g/mol. The number of carboxylic acid groups (broad SMARTS) is 1. The standard InChI is InChI=1S/C18H29NO3.C13H21NO.C11H21NO5S.C11H21NO4S.C10H21NO3.C7H7O.C5H11NO2.C5H13NO.BrH.Mg/c1-6-7-10-15(19-17(20)22-18(2,3)4)12-14-9-8-11-16(13-14)21-5;1-3-4-7-12(14)9-11-6-5-8-13(10-11)15-2;1-5-6-7-9-8-16-18(14,15)12(9)10(13)17-11(2,3)4;1-5-6-7-9-8-15-17(14)12(9)10(13)16-11(2,3)4;1-5-6-8(7-12)11-9(13)14-10(2,3)4;1-8-7-5-3-2-4-6-7;1-2-3-4(6)5(7)8;1-2-3-5(6)4-7;;/h8-9,11,13,15H,6-7,10,12H2,1-5H3,(H,19,20);5-6,8,10,12H,3-4,7,9,14H2,1-2H3;9H,5-8H2,1-4H3;9H,5-8H2,1-4H3;8,12H,5-7H2,1-4H3,(H,11,13);2-3,5-6H,1H3;4H,2-3,6H2,1H3,(H,7,8);5,7H,2-4,6H2,1H3;1H;/q;;;;;-1;;;;+2/p-1/t15-;12-;9-;;8-;;4-;5-;;/m000.0.00../s1. The molecule has 2 aliphatic rings. The number of rotatable bonds is 30. The van der Waals surface area contributed by atoms with Gasteiger partial charge >= 0.3 is 63.7 Å². The number of nitrogens with two attached hydrogens (primary N) is 3. The number of carboxylic acids is 1. The number of nitrogens with one attached hydrogen (secondary N) is 2. The molecule has 3 aromatic rings. The minimum Gasteiger partial charge on any atom is -1.00 e. The second kappa shape index (κ2) is 63.9. The SMILES string of the molecule is CCCCC1COS(=O)N1C(=O)OC(C)(C)C.CCCC[C@@H](Cc1cccc(OC)c1)NC(=O)OC(C)(C)C.CCCC[C@H](N)Cc1cccc(OC)c1.CCCC[C@H]1COS(=O)(=O)N1C(=O)OC(C)(C)C.CCC[C@@H](CO)NC(=O)OC(C)(C)C.CCC[C@H](N)C(=O)O.CCC[C@H](N)CO.COc1c[c-]ccc1.[Br-].[Mg+2]. The Morgan fingerprint density at radius 2 is 1.00 bits per heavy atom. The minimum atomic E-state index is -3.98. The van der Waals surface area contributed by atoms with Crippen LogP contribution in [0.5, 0.6) is 17.2 Å². The molecular formula is C80H144BrMgN7O20S2. The largest absolute Gasteiger partial charge is 2.00 e. The van der Waals surface area contributed by atoms with Crippen LogP contribution in [0.25, 0.3) is 0 Å². The minimum absolute atomic E-state index is 0. The number of amides is 4. The Balaban J connectivity index is -0.000000394. The van der Waals surface area contributed by atoms with E-state index in [2.05, 4.69) is 62.6 Å². The van der Waals surface area contributed by atoms with E-state index in [9.17, 15) is 36.6 Å². The number of unbranched alkanes of at least 4 members (excludes halogenated alkanes) is 4. The quantitative estimate of drug-likeness (QED) is 0.0175. The fourth-order valence-electron chi connectivity index (χ4n) is 9.54. The van der Waals surface area contributed by atoms with E-state index in [0.717, 1.165) is 130 Å². The van der Waals surface area contributed by atoms with E-state index in [-0.39, 0.29) is 96.2 Å². The van der Waals surface area contributed by atoms with Gasteiger partial charge in [0.1, 0.15) is 39.9 Å². The number of benzene rings is 3. The number of hydrogen-bond acceptors (Lipinski definition) is 22. The van der Waals surface area contributed by atoms with E-state index in [0.29, 0.717) is 19.4 Å². The number of aliphatic hydroxyl groups excluding tert-OH is 2. The van der Waals surface area contributed by atoms with Gasteiger partial charge in [-0.1, -0.05) is 143 Å². The molecule has 27 nitrogen and oxygen atoms in total. The molecule has 0 saturated carbocycles. The van der Waals surface area contributed by atoms with Crippen molar-refractivity contribution in [3.05, 3.63) is 90.0 Å². The molecule has 2 heterocycles. The van der Waals surface area contributed by atoms with Crippen LogP contribution < -0.4 is 59.0 Å². The number of ether oxygens (including phenoxy) is 7. The summed E-state index contributed by atoms with van der Waals surface area (Å²) in [6.45, 7) is 36.2. The topological polar surface area (TPSA) is 389 Å². The smallest absolute Gasteiger partial charge is 1.00 e. The molecule has 0 spiro atoms. The van der Waals surface area contributed by atoms with Crippen LogP contribution in [0.4, 0.5) is 19.2 Å². The van der Waals surface area contributed by atoms with Gasteiger partial charge in [0, 0.05) is 23.9 Å². The van der Waals surface area contributed by atoms with Gasteiger partial charge < -0.3 is 93.3 Å². The van der Waals surface area contributed by atoms with Crippen molar-refractivity contribution < 1.29 is 110 Å². The van der Waals surface area contributed by atoms with E-state index < -0.39 is 80.3 Å². The van der Waals surface area contributed by atoms with E-state index in [1.807, 2.05) is 90.1 Å². The first kappa shape index (κ1) is 114. The molecule has 640 valence electrons. The van der Waals surface area contributed by atoms with Gasteiger partial charge in [-0.05, 0) is 176 Å². The molecule has 5 rings (SSSR count). The van der Waals surface area contributed by atoms with Crippen molar-refractivity contribution in [1.82, 2.24) is 19.2 Å². The normalized spacial score (nSPS) is 15.9. The van der Waals surface area contributed by atoms with E-state index >= 15 is 0 Å². The number of nitrogens with zero attached hydrogens (tertiary/aromatic N) is 2. The molecule has 0 aliphatic carbocycles. The molecule has 3 aromatic carbocycles. The third kappa shape index (κ3) is 60.8. The Kier molecular flexibility index (Phi) is 65.8. The first-order valence-electron chi connectivity index (χ1n) is 38.4. The predicted molar refractivity (Wildman–Crippen MR) is 439 cm³/mol. The number of alkyl carbamates (subject to hydrolysis) is 2. The maximum atomic E-state index is 12.0. The molecule has 11 N–H and O–H groups in total. The van der Waals surface area contributed by atoms with Gasteiger partial charge in [-0.2, -0.15) is 35.2 Å². The third-order valence-corrected chi connectivity index (χ3v) is 17.3. The van der Waals surface area contributed by atoms with Crippen molar-refractivity contribution >= 4 is 75.0 Å². The average Bonchev–Trinajstić information content (AvgIpc) is 1.66. The van der Waals surface area contributed by atoms with Gasteiger partial charge in [-0.15, -0.1) is 12.1 Å². The van der Waals surface area contributed by atoms with Crippen LogP contribution in [0.15, 0.2) is 72.8 Å². The Hall–Kier alpha value is -5.32. The molecule has 111 heavy (non-hydrogen) atoms. The number of aliphatic carboxylic acids is 1. The van der Waals surface area contributed by atoms with Crippen LogP contribution in [0.3, 0.4) is 0 Å². The van der Waals surface area contributed by atoms with Crippen LogP contribution in [0.1, 0.15) is 258 Å². The second-order valence-electron chi connectivity index (χ2n) is 30.1. The fraction of sp³-hybridized carbons (Fsp3) is 0.713. The summed E-state index contributed by atoms with van der Waals surface area (Å²) in [7, 11) is 1.01. The van der Waals surface area contributed by atoms with E-state index in [1.165, 1.54) is 22.7 Å². The molecule has 2 saturated heterocycles. The summed E-state index contributed by atoms with van der Waals surface area (Å²) in [5, 5.41) is 31.1. The van der Waals surface area contributed by atoms with Gasteiger partial charge in [0.25, 0.3) is 11.3 Å². The molecule has 8 atom stereocenters. The van der Waals surface area contributed by atoms with Gasteiger partial charge in [0.05, 0.1) is 65.9 Å². The van der Waals surface area contributed by atoms with Crippen molar-refractivity contribution in [1.29, 1.82) is 0 Å². The van der Waals surface area contributed by atoms with Crippen molar-refractivity contribution in [2.45, 2.75) is 325 Å². The van der Waals surface area contributed by atoms with Crippen molar-refractivity contribution in [3.63, 3.8) is 0 Å². The van der Waals surface area contributed by atoms with Crippen LogP contribution >= 0.6 is 0 Å². The second-order valence-corrected chi connectivity index (χ2v) is 32.7. The van der Waals surface area contributed by atoms with Crippen molar-refractivity contribution in [3.8, 4) is 17.2 Å². The van der Waals surface area contributed by atoms with E-state index in [1.54, 1.807) is 89.7 Å². The molecule has 31 heteroatoms. The Morgan fingerprint density at radius 1 is 0.559 bits per heavy atom. The summed E-state index contributed by atoms with van der Waals surface area (Å²) < 4.78 is 82.6. The number of carbonyl (C=O) groups is 5. The molecule has 0 aromatic heterocycles. The summed E-state index contributed by atoms with van der Waals surface area (Å²) in [6, 6.07) is 25.3. The number of carbonyl (C=O) groups excluding carboxylic acids is 4. The molecule has 0 radical (unpaired) electrons. The van der Waals surface area contributed by atoms with E-state index in [4.69, 9.17) is 74.0 Å². The van der Waals surface area contributed by atoms with Gasteiger partial charge in [0.2, 0.25) is 0 Å². The zero-order valence-corrected chi connectivity index (χ0v) is 75.9.